The summed E-state index contributed by atoms with van der Waals surface area (Å²) in [7, 11) is 0. The van der Waals surface area contributed by atoms with Crippen LogP contribution in [0.1, 0.15) is 66.4 Å². The topological polar surface area (TPSA) is 111 Å². The van der Waals surface area contributed by atoms with E-state index in [4.69, 9.17) is 9.47 Å². The second-order valence-corrected chi connectivity index (χ2v) is 12.1. The van der Waals surface area contributed by atoms with Gasteiger partial charge in [-0.1, -0.05) is 65.7 Å². The molecule has 5 aromatic rings. The molecule has 2 heterocycles. The van der Waals surface area contributed by atoms with Gasteiger partial charge < -0.3 is 20.1 Å². The second-order valence-electron chi connectivity index (χ2n) is 10.4. The Balaban J connectivity index is 1.40. The minimum atomic E-state index is -0.541. The molecule has 0 unspecified atom stereocenters. The molecule has 5 rings (SSSR count). The summed E-state index contributed by atoms with van der Waals surface area (Å²) in [4.78, 5) is 52.8. The van der Waals surface area contributed by atoms with Gasteiger partial charge in [-0.2, -0.15) is 0 Å². The number of esters is 2. The monoisotopic (exact) mass is 652 g/mol. The molecule has 234 valence electrons. The van der Waals surface area contributed by atoms with Crippen molar-refractivity contribution in [3.8, 4) is 22.3 Å². The van der Waals surface area contributed by atoms with Crippen LogP contribution in [0.3, 0.4) is 0 Å². The maximum atomic E-state index is 13.4. The first kappa shape index (κ1) is 32.3. The SMILES string of the molecule is CCOC(=O)c1c(-c2ccc(C)cc2)csc1NC(=O)c1cccc(C(=O)Nc2scc(-c3ccc(C)cc3)c2C(=O)OCC)c1. The molecule has 0 fully saturated rings. The maximum absolute atomic E-state index is 13.4. The van der Waals surface area contributed by atoms with Crippen LogP contribution >= 0.6 is 22.7 Å². The highest BCUT2D eigenvalue weighted by atomic mass is 32.1. The van der Waals surface area contributed by atoms with Gasteiger partial charge in [-0.3, -0.25) is 9.59 Å². The van der Waals surface area contributed by atoms with Crippen LogP contribution in [0.25, 0.3) is 22.3 Å². The first-order chi connectivity index (χ1) is 22.2. The number of rotatable bonds is 10. The summed E-state index contributed by atoms with van der Waals surface area (Å²) >= 11 is 2.44. The molecular formula is C36H32N2O6S2. The van der Waals surface area contributed by atoms with E-state index in [1.54, 1.807) is 32.0 Å². The zero-order valence-electron chi connectivity index (χ0n) is 25.8. The highest BCUT2D eigenvalue weighted by Crippen LogP contribution is 2.38. The van der Waals surface area contributed by atoms with E-state index in [1.165, 1.54) is 28.7 Å². The van der Waals surface area contributed by atoms with Gasteiger partial charge >= 0.3 is 11.9 Å². The van der Waals surface area contributed by atoms with E-state index >= 15 is 0 Å². The molecule has 2 amide bonds. The summed E-state index contributed by atoms with van der Waals surface area (Å²) in [6, 6.07) is 21.7. The molecule has 0 aliphatic rings. The summed E-state index contributed by atoms with van der Waals surface area (Å²) in [6.45, 7) is 7.76. The third-order valence-electron chi connectivity index (χ3n) is 7.11. The highest BCUT2D eigenvalue weighted by molar-refractivity contribution is 7.15. The predicted molar refractivity (Wildman–Crippen MR) is 183 cm³/mol. The van der Waals surface area contributed by atoms with Gasteiger partial charge in [0.1, 0.15) is 21.1 Å². The minimum absolute atomic E-state index is 0.182. The first-order valence-corrected chi connectivity index (χ1v) is 16.4. The summed E-state index contributed by atoms with van der Waals surface area (Å²) in [5.41, 5.74) is 6.09. The molecular weight excluding hydrogens is 621 g/mol. The lowest BCUT2D eigenvalue weighted by Crippen LogP contribution is -2.17. The Kier molecular flexibility index (Phi) is 10.1. The smallest absolute Gasteiger partial charge is 0.341 e. The highest BCUT2D eigenvalue weighted by Gasteiger charge is 2.25. The molecule has 0 radical (unpaired) electrons. The second kappa shape index (κ2) is 14.4. The fourth-order valence-corrected chi connectivity index (χ4v) is 6.66. The van der Waals surface area contributed by atoms with Gasteiger partial charge in [0.15, 0.2) is 0 Å². The van der Waals surface area contributed by atoms with Crippen molar-refractivity contribution in [3.05, 3.63) is 117 Å². The molecule has 0 spiro atoms. The lowest BCUT2D eigenvalue weighted by molar-refractivity contribution is 0.0519. The summed E-state index contributed by atoms with van der Waals surface area (Å²) in [6.07, 6.45) is 0. The fourth-order valence-electron chi connectivity index (χ4n) is 4.76. The Morgan fingerprint density at radius 2 is 1.00 bits per heavy atom. The number of thiophene rings is 2. The largest absolute Gasteiger partial charge is 0.462 e. The molecule has 0 saturated carbocycles. The number of carbonyl (C=O) groups excluding carboxylic acids is 4. The minimum Gasteiger partial charge on any atom is -0.462 e. The lowest BCUT2D eigenvalue weighted by atomic mass is 10.0. The summed E-state index contributed by atoms with van der Waals surface area (Å²) < 4.78 is 10.6. The molecule has 2 aromatic heterocycles. The van der Waals surface area contributed by atoms with Crippen molar-refractivity contribution in [2.24, 2.45) is 0 Å². The van der Waals surface area contributed by atoms with Crippen LogP contribution in [0.4, 0.5) is 10.0 Å². The van der Waals surface area contributed by atoms with Crippen molar-refractivity contribution in [1.82, 2.24) is 0 Å². The van der Waals surface area contributed by atoms with Crippen LogP contribution in [0.15, 0.2) is 83.6 Å². The van der Waals surface area contributed by atoms with Crippen LogP contribution in [0, 0.1) is 13.8 Å². The Morgan fingerprint density at radius 3 is 1.37 bits per heavy atom. The zero-order valence-corrected chi connectivity index (χ0v) is 27.4. The van der Waals surface area contributed by atoms with E-state index in [1.807, 2.05) is 73.1 Å². The van der Waals surface area contributed by atoms with Crippen LogP contribution in [0.5, 0.6) is 0 Å². The summed E-state index contributed by atoms with van der Waals surface area (Å²) in [5.74, 6) is -2.08. The Labute approximate surface area is 275 Å². The van der Waals surface area contributed by atoms with Crippen molar-refractivity contribution in [3.63, 3.8) is 0 Å². The van der Waals surface area contributed by atoms with Crippen molar-refractivity contribution in [1.29, 1.82) is 0 Å². The van der Waals surface area contributed by atoms with E-state index in [-0.39, 0.29) is 35.5 Å². The van der Waals surface area contributed by atoms with Crippen molar-refractivity contribution in [2.45, 2.75) is 27.7 Å². The van der Waals surface area contributed by atoms with Gasteiger partial charge in [-0.05, 0) is 57.0 Å². The van der Waals surface area contributed by atoms with E-state index in [9.17, 15) is 19.2 Å². The molecule has 2 N–H and O–H groups in total. The molecule has 0 bridgehead atoms. The molecule has 0 aliphatic carbocycles. The van der Waals surface area contributed by atoms with Crippen molar-refractivity contribution in [2.75, 3.05) is 23.8 Å². The lowest BCUT2D eigenvalue weighted by Gasteiger charge is -2.11. The van der Waals surface area contributed by atoms with Crippen LogP contribution < -0.4 is 10.6 Å². The Morgan fingerprint density at radius 1 is 0.609 bits per heavy atom. The number of hydrogen-bond donors (Lipinski definition) is 2. The van der Waals surface area contributed by atoms with Crippen molar-refractivity contribution < 1.29 is 28.7 Å². The van der Waals surface area contributed by atoms with Gasteiger partial charge in [-0.15, -0.1) is 22.7 Å². The number of aryl methyl sites for hydroxylation is 2. The van der Waals surface area contributed by atoms with E-state index in [0.717, 1.165) is 22.3 Å². The number of carbonyl (C=O) groups is 4. The predicted octanol–water partition coefficient (Wildman–Crippen LogP) is 8.62. The molecule has 0 aliphatic heterocycles. The maximum Gasteiger partial charge on any atom is 0.341 e. The third-order valence-corrected chi connectivity index (χ3v) is 8.90. The number of amides is 2. The Bertz CT molecular complexity index is 1770. The normalized spacial score (nSPS) is 10.7. The molecule has 46 heavy (non-hydrogen) atoms. The molecule has 8 nitrogen and oxygen atoms in total. The van der Waals surface area contributed by atoms with E-state index in [2.05, 4.69) is 10.6 Å². The van der Waals surface area contributed by atoms with Gasteiger partial charge in [0.05, 0.1) is 13.2 Å². The molecule has 3 aromatic carbocycles. The Hall–Kier alpha value is -5.06. The average molecular weight is 653 g/mol. The zero-order chi connectivity index (χ0) is 32.8. The third kappa shape index (κ3) is 7.09. The number of anilines is 2. The molecule has 10 heteroatoms. The van der Waals surface area contributed by atoms with Crippen LogP contribution in [0.2, 0.25) is 0 Å². The van der Waals surface area contributed by atoms with E-state index < -0.39 is 23.8 Å². The van der Waals surface area contributed by atoms with Gasteiger partial charge in [-0.25, -0.2) is 9.59 Å². The standard InChI is InChI=1S/C36H32N2O6S2/c1-5-43-35(41)29-27(23-14-10-21(3)11-15-23)19-45-33(29)37-31(39)25-8-7-9-26(18-25)32(40)38-34-30(36(42)44-6-2)28(20-46-34)24-16-12-22(4)13-17-24/h7-20H,5-6H2,1-4H3,(H,37,39)(H,38,40). The first-order valence-electron chi connectivity index (χ1n) is 14.6. The molecule has 0 atom stereocenters. The van der Waals surface area contributed by atoms with Crippen LogP contribution in [-0.4, -0.2) is 37.0 Å². The number of nitrogens with one attached hydrogen (secondary N) is 2. The number of hydrogen-bond acceptors (Lipinski definition) is 8. The fraction of sp³-hybridized carbons (Fsp3) is 0.167. The van der Waals surface area contributed by atoms with Gasteiger partial charge in [0.25, 0.3) is 11.8 Å². The van der Waals surface area contributed by atoms with Gasteiger partial charge in [0, 0.05) is 33.0 Å². The number of benzene rings is 3. The van der Waals surface area contributed by atoms with Crippen LogP contribution in [-0.2, 0) is 9.47 Å². The quantitative estimate of drug-likeness (QED) is 0.146. The number of ether oxygens (including phenoxy) is 2. The molecule has 0 saturated heterocycles. The van der Waals surface area contributed by atoms with E-state index in [0.29, 0.717) is 21.1 Å². The average Bonchev–Trinajstić information content (AvgIpc) is 3.66. The van der Waals surface area contributed by atoms with Crippen molar-refractivity contribution >= 4 is 56.4 Å². The summed E-state index contributed by atoms with van der Waals surface area (Å²) in [5, 5.41) is 9.97. The van der Waals surface area contributed by atoms with Gasteiger partial charge in [0.2, 0.25) is 0 Å².